The highest BCUT2D eigenvalue weighted by Gasteiger charge is 2.12. The maximum Gasteiger partial charge on any atom is 0.374 e. The summed E-state index contributed by atoms with van der Waals surface area (Å²) in [5, 5.41) is 13.6. The van der Waals surface area contributed by atoms with Crippen molar-refractivity contribution < 1.29 is 19.2 Å². The van der Waals surface area contributed by atoms with Crippen LogP contribution in [-0.4, -0.2) is 16.2 Å². The zero-order valence-corrected chi connectivity index (χ0v) is 13.7. The lowest BCUT2D eigenvalue weighted by molar-refractivity contribution is 0.0652. The predicted octanol–water partition coefficient (Wildman–Crippen LogP) is 4.93. The van der Waals surface area contributed by atoms with E-state index in [-0.39, 0.29) is 12.4 Å². The van der Waals surface area contributed by atoms with Crippen molar-refractivity contribution in [3.8, 4) is 17.0 Å². The lowest BCUT2D eigenvalue weighted by Gasteiger charge is -2.09. The number of rotatable bonds is 5. The third-order valence-electron chi connectivity index (χ3n) is 3.32. The summed E-state index contributed by atoms with van der Waals surface area (Å²) < 4.78 is 10.4. The van der Waals surface area contributed by atoms with E-state index in [2.05, 4.69) is 5.16 Å². The van der Waals surface area contributed by atoms with E-state index in [4.69, 9.17) is 37.6 Å². The molecule has 0 atom stereocenters. The van der Waals surface area contributed by atoms with Crippen LogP contribution in [0.25, 0.3) is 11.3 Å². The molecule has 7 heteroatoms. The van der Waals surface area contributed by atoms with E-state index in [0.717, 1.165) is 5.56 Å². The van der Waals surface area contributed by atoms with Crippen LogP contribution in [0.4, 0.5) is 0 Å². The fraction of sp³-hybridized carbons (Fsp3) is 0.0588. The molecule has 0 radical (unpaired) electrons. The molecule has 24 heavy (non-hydrogen) atoms. The second-order valence-corrected chi connectivity index (χ2v) is 5.71. The van der Waals surface area contributed by atoms with Gasteiger partial charge in [-0.3, -0.25) is 0 Å². The summed E-state index contributed by atoms with van der Waals surface area (Å²) in [5.74, 6) is -0.749. The van der Waals surface area contributed by atoms with E-state index in [1.165, 1.54) is 6.07 Å². The quantitative estimate of drug-likeness (QED) is 0.695. The lowest BCUT2D eigenvalue weighted by Crippen LogP contribution is -1.97. The van der Waals surface area contributed by atoms with E-state index in [1.807, 2.05) is 0 Å². The standard InChI is InChI=1S/C17H11Cl2NO4/c18-13-2-1-3-14(19)12(13)9-23-11-6-4-10(5-7-11)15-8-16(17(21)22)24-20-15/h1-8H,9H2,(H,21,22). The average molecular weight is 364 g/mol. The maximum atomic E-state index is 10.8. The van der Waals surface area contributed by atoms with E-state index in [0.29, 0.717) is 27.1 Å². The Kier molecular flexibility index (Phi) is 4.74. The summed E-state index contributed by atoms with van der Waals surface area (Å²) >= 11 is 12.2. The van der Waals surface area contributed by atoms with Gasteiger partial charge in [-0.05, 0) is 36.4 Å². The molecule has 0 aliphatic heterocycles. The maximum absolute atomic E-state index is 10.8. The number of aromatic nitrogens is 1. The fourth-order valence-corrected chi connectivity index (χ4v) is 2.57. The highest BCUT2D eigenvalue weighted by atomic mass is 35.5. The number of ether oxygens (including phenoxy) is 1. The molecule has 5 nitrogen and oxygen atoms in total. The number of aromatic carboxylic acids is 1. The first-order valence-corrected chi connectivity index (χ1v) is 7.66. The van der Waals surface area contributed by atoms with Gasteiger partial charge in [0.15, 0.2) is 0 Å². The number of hydrogen-bond donors (Lipinski definition) is 1. The second-order valence-electron chi connectivity index (χ2n) is 4.89. The Labute approximate surface area is 147 Å². The summed E-state index contributed by atoms with van der Waals surface area (Å²) in [7, 11) is 0. The Morgan fingerprint density at radius 1 is 1.12 bits per heavy atom. The molecule has 0 aliphatic rings. The monoisotopic (exact) mass is 363 g/mol. The Balaban J connectivity index is 1.71. The van der Waals surface area contributed by atoms with Crippen LogP contribution in [0.3, 0.4) is 0 Å². The molecule has 3 rings (SSSR count). The van der Waals surface area contributed by atoms with E-state index in [1.54, 1.807) is 42.5 Å². The van der Waals surface area contributed by atoms with Gasteiger partial charge < -0.3 is 14.4 Å². The third-order valence-corrected chi connectivity index (χ3v) is 4.02. The molecule has 0 spiro atoms. The molecule has 0 amide bonds. The van der Waals surface area contributed by atoms with Crippen molar-refractivity contribution in [2.24, 2.45) is 0 Å². The van der Waals surface area contributed by atoms with Crippen molar-refractivity contribution in [2.45, 2.75) is 6.61 Å². The number of halogens is 2. The molecule has 1 heterocycles. The molecule has 1 N–H and O–H groups in total. The zero-order chi connectivity index (χ0) is 17.1. The van der Waals surface area contributed by atoms with Crippen LogP contribution in [0, 0.1) is 0 Å². The van der Waals surface area contributed by atoms with Crippen LogP contribution in [-0.2, 0) is 6.61 Å². The Bertz CT molecular complexity index is 854. The van der Waals surface area contributed by atoms with Crippen molar-refractivity contribution in [3.63, 3.8) is 0 Å². The minimum Gasteiger partial charge on any atom is -0.489 e. The predicted molar refractivity (Wildman–Crippen MR) is 89.7 cm³/mol. The number of benzene rings is 2. The summed E-state index contributed by atoms with van der Waals surface area (Å²) in [5.41, 5.74) is 1.87. The van der Waals surface area contributed by atoms with Gasteiger partial charge in [-0.25, -0.2) is 4.79 Å². The number of carboxylic acids is 1. The molecule has 2 aromatic carbocycles. The van der Waals surface area contributed by atoms with Gasteiger partial charge in [0.2, 0.25) is 5.76 Å². The molecular formula is C17H11Cl2NO4. The smallest absolute Gasteiger partial charge is 0.374 e. The second kappa shape index (κ2) is 6.95. The van der Waals surface area contributed by atoms with Gasteiger partial charge >= 0.3 is 5.97 Å². The van der Waals surface area contributed by atoms with Crippen molar-refractivity contribution in [1.82, 2.24) is 5.16 Å². The van der Waals surface area contributed by atoms with Crippen LogP contribution in [0.15, 0.2) is 53.1 Å². The van der Waals surface area contributed by atoms with Gasteiger partial charge in [0.1, 0.15) is 18.1 Å². The van der Waals surface area contributed by atoms with Gasteiger partial charge in [0, 0.05) is 27.2 Å². The normalized spacial score (nSPS) is 10.6. The summed E-state index contributed by atoms with van der Waals surface area (Å²) in [6, 6.07) is 13.6. The Morgan fingerprint density at radius 3 is 2.38 bits per heavy atom. The molecule has 1 aromatic heterocycles. The minimum absolute atomic E-state index is 0.210. The average Bonchev–Trinajstić information content (AvgIpc) is 3.05. The van der Waals surface area contributed by atoms with Crippen molar-refractivity contribution >= 4 is 29.2 Å². The topological polar surface area (TPSA) is 72.6 Å². The van der Waals surface area contributed by atoms with Crippen molar-refractivity contribution in [3.05, 3.63) is 69.9 Å². The van der Waals surface area contributed by atoms with Crippen LogP contribution >= 0.6 is 23.2 Å². The first-order chi connectivity index (χ1) is 11.5. The largest absolute Gasteiger partial charge is 0.489 e. The van der Waals surface area contributed by atoms with Gasteiger partial charge in [-0.1, -0.05) is 34.4 Å². The van der Waals surface area contributed by atoms with Gasteiger partial charge in [-0.15, -0.1) is 0 Å². The molecule has 0 unspecified atom stereocenters. The number of nitrogens with zero attached hydrogens (tertiary/aromatic N) is 1. The van der Waals surface area contributed by atoms with Crippen LogP contribution in [0.5, 0.6) is 5.75 Å². The van der Waals surface area contributed by atoms with Gasteiger partial charge in [0.25, 0.3) is 0 Å². The summed E-state index contributed by atoms with van der Waals surface area (Å²) in [6.45, 7) is 0.241. The molecule has 0 aliphatic carbocycles. The minimum atomic E-state index is -1.16. The van der Waals surface area contributed by atoms with E-state index < -0.39 is 5.97 Å². The van der Waals surface area contributed by atoms with Crippen LogP contribution in [0.2, 0.25) is 10.0 Å². The Hall–Kier alpha value is -2.50. The first-order valence-electron chi connectivity index (χ1n) is 6.91. The molecule has 3 aromatic rings. The highest BCUT2D eigenvalue weighted by Crippen LogP contribution is 2.27. The molecule has 0 fully saturated rings. The molecular weight excluding hydrogens is 353 g/mol. The molecule has 0 saturated carbocycles. The summed E-state index contributed by atoms with van der Waals surface area (Å²) in [4.78, 5) is 10.8. The summed E-state index contributed by atoms with van der Waals surface area (Å²) in [6.07, 6.45) is 0. The van der Waals surface area contributed by atoms with E-state index in [9.17, 15) is 4.79 Å². The lowest BCUT2D eigenvalue weighted by atomic mass is 10.1. The fourth-order valence-electron chi connectivity index (χ4n) is 2.06. The number of carboxylic acid groups (broad SMARTS) is 1. The molecule has 0 bridgehead atoms. The Morgan fingerprint density at radius 2 is 1.79 bits per heavy atom. The van der Waals surface area contributed by atoms with Crippen molar-refractivity contribution in [2.75, 3.05) is 0 Å². The van der Waals surface area contributed by atoms with Crippen molar-refractivity contribution in [1.29, 1.82) is 0 Å². The third kappa shape index (κ3) is 3.53. The SMILES string of the molecule is O=C(O)c1cc(-c2ccc(OCc3c(Cl)cccc3Cl)cc2)no1. The first kappa shape index (κ1) is 16.4. The molecule has 0 saturated heterocycles. The van der Waals surface area contributed by atoms with Gasteiger partial charge in [0.05, 0.1) is 0 Å². The van der Waals surface area contributed by atoms with Gasteiger partial charge in [-0.2, -0.15) is 0 Å². The van der Waals surface area contributed by atoms with E-state index >= 15 is 0 Å². The number of carbonyl (C=O) groups is 1. The molecule has 122 valence electrons. The van der Waals surface area contributed by atoms with Crippen LogP contribution < -0.4 is 4.74 Å². The highest BCUT2D eigenvalue weighted by molar-refractivity contribution is 6.35. The zero-order valence-electron chi connectivity index (χ0n) is 12.2. The number of hydrogen-bond acceptors (Lipinski definition) is 4. The van der Waals surface area contributed by atoms with Crippen LogP contribution in [0.1, 0.15) is 16.1 Å².